The normalized spacial score (nSPS) is 21.6. The maximum atomic E-state index is 11.7. The summed E-state index contributed by atoms with van der Waals surface area (Å²) in [6.07, 6.45) is 5.31. The number of sulfonamides is 1. The molecule has 2 aliphatic rings. The van der Waals surface area contributed by atoms with Crippen molar-refractivity contribution in [1.82, 2.24) is 4.31 Å². The molecule has 5 nitrogen and oxygen atoms in total. The number of hydrogen-bond acceptors (Lipinski definition) is 4. The van der Waals surface area contributed by atoms with Crippen LogP contribution in [0.5, 0.6) is 0 Å². The molecular weight excluding hydrogens is 390 g/mol. The van der Waals surface area contributed by atoms with Crippen LogP contribution < -0.4 is 4.90 Å². The Morgan fingerprint density at radius 3 is 2.25 bits per heavy atom. The van der Waals surface area contributed by atoms with E-state index in [-0.39, 0.29) is 5.41 Å². The largest absolute Gasteiger partial charge is 0.370 e. The molecule has 2 heterocycles. The van der Waals surface area contributed by atoms with Gasteiger partial charge in [0, 0.05) is 30.7 Å². The second-order valence-corrected chi connectivity index (χ2v) is 9.82. The average molecular weight is 412 g/mol. The maximum Gasteiger partial charge on any atom is 0.211 e. The molecule has 0 radical (unpaired) electrons. The molecule has 0 atom stereocenters. The minimum absolute atomic E-state index is 0.264. The molecule has 0 aliphatic carbocycles. The fraction of sp³-hybridized carbons (Fsp3) is 0.588. The predicted molar refractivity (Wildman–Crippen MR) is 98.4 cm³/mol. The third-order valence-electron chi connectivity index (χ3n) is 5.50. The highest BCUT2D eigenvalue weighted by Gasteiger charge is 2.39. The van der Waals surface area contributed by atoms with Gasteiger partial charge < -0.3 is 4.90 Å². The molecule has 1 spiro atoms. The highest BCUT2D eigenvalue weighted by atomic mass is 79.9. The SMILES string of the molecule is CS(=O)(=O)N1CCC2(CCN(c3ccc(Br)cc3C#N)CC2)CC1. The van der Waals surface area contributed by atoms with E-state index in [0.717, 1.165) is 48.9 Å². The van der Waals surface area contributed by atoms with E-state index in [9.17, 15) is 13.7 Å². The van der Waals surface area contributed by atoms with Gasteiger partial charge in [-0.15, -0.1) is 0 Å². The highest BCUT2D eigenvalue weighted by Crippen LogP contribution is 2.43. The number of halogens is 1. The lowest BCUT2D eigenvalue weighted by Crippen LogP contribution is -2.48. The number of hydrogen-bond donors (Lipinski definition) is 0. The van der Waals surface area contributed by atoms with Gasteiger partial charge in [-0.25, -0.2) is 12.7 Å². The zero-order chi connectivity index (χ0) is 17.4. The van der Waals surface area contributed by atoms with Crippen LogP contribution in [0.25, 0.3) is 0 Å². The van der Waals surface area contributed by atoms with Crippen LogP contribution in [0.1, 0.15) is 31.2 Å². The Morgan fingerprint density at radius 1 is 1.12 bits per heavy atom. The van der Waals surface area contributed by atoms with E-state index in [1.807, 2.05) is 18.2 Å². The van der Waals surface area contributed by atoms with E-state index in [1.54, 1.807) is 4.31 Å². The Balaban J connectivity index is 1.66. The second-order valence-electron chi connectivity index (χ2n) is 6.92. The van der Waals surface area contributed by atoms with Gasteiger partial charge in [-0.3, -0.25) is 0 Å². The highest BCUT2D eigenvalue weighted by molar-refractivity contribution is 9.10. The van der Waals surface area contributed by atoms with Crippen molar-refractivity contribution in [2.24, 2.45) is 5.41 Å². The summed E-state index contributed by atoms with van der Waals surface area (Å²) >= 11 is 3.42. The van der Waals surface area contributed by atoms with E-state index < -0.39 is 10.0 Å². The summed E-state index contributed by atoms with van der Waals surface area (Å²) in [5.41, 5.74) is 1.97. The number of piperidine rings is 2. The molecule has 0 N–H and O–H groups in total. The lowest BCUT2D eigenvalue weighted by molar-refractivity contribution is 0.119. The lowest BCUT2D eigenvalue weighted by Gasteiger charge is -2.47. The Kier molecular flexibility index (Phi) is 4.92. The fourth-order valence-corrected chi connectivity index (χ4v) is 5.09. The van der Waals surface area contributed by atoms with Gasteiger partial charge in [0.1, 0.15) is 6.07 Å². The van der Waals surface area contributed by atoms with E-state index in [2.05, 4.69) is 26.9 Å². The van der Waals surface area contributed by atoms with Crippen LogP contribution in [-0.2, 0) is 10.0 Å². The third-order valence-corrected chi connectivity index (χ3v) is 7.29. The first-order valence-electron chi connectivity index (χ1n) is 8.23. The van der Waals surface area contributed by atoms with Gasteiger partial charge in [0.15, 0.2) is 0 Å². The monoisotopic (exact) mass is 411 g/mol. The number of rotatable bonds is 2. The van der Waals surface area contributed by atoms with Crippen LogP contribution >= 0.6 is 15.9 Å². The quantitative estimate of drug-likeness (QED) is 0.749. The van der Waals surface area contributed by atoms with Crippen LogP contribution in [0.2, 0.25) is 0 Å². The van der Waals surface area contributed by atoms with Crippen molar-refractivity contribution in [3.63, 3.8) is 0 Å². The molecule has 0 aromatic heterocycles. The first-order valence-corrected chi connectivity index (χ1v) is 10.9. The van der Waals surface area contributed by atoms with Crippen LogP contribution in [0.15, 0.2) is 22.7 Å². The summed E-state index contributed by atoms with van der Waals surface area (Å²) in [6, 6.07) is 8.13. The molecular formula is C17H22BrN3O2S. The molecule has 1 aromatic rings. The topological polar surface area (TPSA) is 64.4 Å². The molecule has 24 heavy (non-hydrogen) atoms. The molecule has 3 rings (SSSR count). The van der Waals surface area contributed by atoms with Gasteiger partial charge in [0.05, 0.1) is 17.5 Å². The van der Waals surface area contributed by atoms with Crippen LogP contribution in [0.4, 0.5) is 5.69 Å². The number of benzene rings is 1. The summed E-state index contributed by atoms with van der Waals surface area (Å²) in [5.74, 6) is 0. The zero-order valence-electron chi connectivity index (χ0n) is 13.8. The van der Waals surface area contributed by atoms with Crippen molar-refractivity contribution in [2.45, 2.75) is 25.7 Å². The van der Waals surface area contributed by atoms with Crippen LogP contribution in [0, 0.1) is 16.7 Å². The maximum absolute atomic E-state index is 11.7. The van der Waals surface area contributed by atoms with E-state index in [0.29, 0.717) is 18.7 Å². The Bertz CT molecular complexity index is 755. The van der Waals surface area contributed by atoms with Crippen LogP contribution in [0.3, 0.4) is 0 Å². The molecule has 2 fully saturated rings. The van der Waals surface area contributed by atoms with Gasteiger partial charge in [-0.2, -0.15) is 5.26 Å². The Morgan fingerprint density at radius 2 is 1.71 bits per heavy atom. The summed E-state index contributed by atoms with van der Waals surface area (Å²) < 4.78 is 25.9. The van der Waals surface area contributed by atoms with E-state index in [4.69, 9.17) is 0 Å². The predicted octanol–water partition coefficient (Wildman–Crippen LogP) is 2.96. The van der Waals surface area contributed by atoms with Crippen molar-refractivity contribution >= 4 is 31.6 Å². The van der Waals surface area contributed by atoms with Gasteiger partial charge >= 0.3 is 0 Å². The summed E-state index contributed by atoms with van der Waals surface area (Å²) in [6.45, 7) is 3.13. The fourth-order valence-electron chi connectivity index (χ4n) is 3.89. The summed E-state index contributed by atoms with van der Waals surface area (Å²) in [7, 11) is -3.07. The van der Waals surface area contributed by atoms with E-state index in [1.165, 1.54) is 6.26 Å². The van der Waals surface area contributed by atoms with Crippen molar-refractivity contribution in [3.05, 3.63) is 28.2 Å². The lowest BCUT2D eigenvalue weighted by atomic mass is 9.71. The zero-order valence-corrected chi connectivity index (χ0v) is 16.2. The molecule has 0 bridgehead atoms. The van der Waals surface area contributed by atoms with Crippen LogP contribution in [-0.4, -0.2) is 45.2 Å². The number of nitrogens with zero attached hydrogens (tertiary/aromatic N) is 3. The van der Waals surface area contributed by atoms with Crippen molar-refractivity contribution < 1.29 is 8.42 Å². The number of nitriles is 1. The molecule has 0 amide bonds. The van der Waals surface area contributed by atoms with Gasteiger partial charge in [-0.1, -0.05) is 15.9 Å². The first kappa shape index (κ1) is 17.7. The van der Waals surface area contributed by atoms with Gasteiger partial charge in [-0.05, 0) is 49.3 Å². The van der Waals surface area contributed by atoms with Gasteiger partial charge in [0.2, 0.25) is 10.0 Å². The van der Waals surface area contributed by atoms with Crippen molar-refractivity contribution in [3.8, 4) is 6.07 Å². The molecule has 0 unspecified atom stereocenters. The standard InChI is InChI=1S/C17H22BrN3O2S/c1-24(22,23)21-10-6-17(7-11-21)4-8-20(9-5-17)16-3-2-15(18)12-14(16)13-19/h2-3,12H,4-11H2,1H3. The second kappa shape index (κ2) is 6.66. The van der Waals surface area contributed by atoms with E-state index >= 15 is 0 Å². The number of anilines is 1. The third kappa shape index (κ3) is 3.61. The molecule has 0 saturated carbocycles. The minimum atomic E-state index is -3.07. The molecule has 7 heteroatoms. The van der Waals surface area contributed by atoms with Crippen molar-refractivity contribution in [2.75, 3.05) is 37.3 Å². The summed E-state index contributed by atoms with van der Waals surface area (Å²) in [5, 5.41) is 9.36. The summed E-state index contributed by atoms with van der Waals surface area (Å²) in [4.78, 5) is 2.29. The van der Waals surface area contributed by atoms with Gasteiger partial charge in [0.25, 0.3) is 0 Å². The molecule has 130 valence electrons. The molecule has 2 saturated heterocycles. The average Bonchev–Trinajstić information content (AvgIpc) is 2.55. The molecule has 2 aliphatic heterocycles. The first-order chi connectivity index (χ1) is 11.3. The Labute approximate surface area is 152 Å². The Hall–Kier alpha value is -1.10. The molecule has 1 aromatic carbocycles. The minimum Gasteiger partial charge on any atom is -0.370 e. The van der Waals surface area contributed by atoms with Crippen molar-refractivity contribution in [1.29, 1.82) is 5.26 Å². The smallest absolute Gasteiger partial charge is 0.211 e.